The van der Waals surface area contributed by atoms with Crippen LogP contribution in [-0.2, 0) is 10.0 Å². The summed E-state index contributed by atoms with van der Waals surface area (Å²) in [6.45, 7) is -0.926. The van der Waals surface area contributed by atoms with Crippen LogP contribution in [0.2, 0.25) is 0 Å². The van der Waals surface area contributed by atoms with Crippen LogP contribution < -0.4 is 18.9 Å². The van der Waals surface area contributed by atoms with E-state index in [1.807, 2.05) is 0 Å². The summed E-state index contributed by atoms with van der Waals surface area (Å²) in [6, 6.07) is 1.33. The van der Waals surface area contributed by atoms with Gasteiger partial charge in [0.15, 0.2) is 0 Å². The number of H-pyrrole nitrogens is 1. The Balaban J connectivity index is 2.35. The van der Waals surface area contributed by atoms with Gasteiger partial charge >= 0.3 is 0 Å². The molecule has 9 nitrogen and oxygen atoms in total. The fourth-order valence-corrected chi connectivity index (χ4v) is 2.58. The van der Waals surface area contributed by atoms with Crippen molar-refractivity contribution in [1.29, 1.82) is 0 Å². The van der Waals surface area contributed by atoms with E-state index in [2.05, 4.69) is 19.7 Å². The van der Waals surface area contributed by atoms with E-state index in [0.29, 0.717) is 0 Å². The van der Waals surface area contributed by atoms with E-state index in [4.69, 9.17) is 14.2 Å². The molecular weight excluding hydrogens is 350 g/mol. The summed E-state index contributed by atoms with van der Waals surface area (Å²) < 4.78 is 65.7. The predicted octanol–water partition coefficient (Wildman–Crippen LogP) is 1.27. The number of ether oxygens (including phenoxy) is 3. The molecule has 24 heavy (non-hydrogen) atoms. The van der Waals surface area contributed by atoms with Gasteiger partial charge in [0.05, 0.1) is 14.2 Å². The highest BCUT2D eigenvalue weighted by molar-refractivity contribution is 7.92. The summed E-state index contributed by atoms with van der Waals surface area (Å²) >= 11 is 0. The Hall–Kier alpha value is -2.63. The molecule has 2 aromatic heterocycles. The van der Waals surface area contributed by atoms with E-state index in [1.165, 1.54) is 32.7 Å². The van der Waals surface area contributed by atoms with Gasteiger partial charge in [0.1, 0.15) is 11.5 Å². The highest BCUT2D eigenvalue weighted by atomic mass is 32.2. The second kappa shape index (κ2) is 7.29. The molecular formula is C12H14F2N4O5S. The van der Waals surface area contributed by atoms with Gasteiger partial charge in [-0.1, -0.05) is 0 Å². The Kier molecular flexibility index (Phi) is 5.39. The van der Waals surface area contributed by atoms with Crippen LogP contribution in [0.5, 0.6) is 17.5 Å². The Labute approximate surface area is 136 Å². The van der Waals surface area contributed by atoms with Crippen molar-refractivity contribution in [2.24, 2.45) is 0 Å². The largest absolute Gasteiger partial charge is 0.478 e. The van der Waals surface area contributed by atoms with Crippen LogP contribution in [0.15, 0.2) is 23.4 Å². The lowest BCUT2D eigenvalue weighted by molar-refractivity contribution is 0.0781. The molecule has 2 rings (SSSR count). The molecule has 0 unspecified atom stereocenters. The van der Waals surface area contributed by atoms with Crippen LogP contribution in [0.1, 0.15) is 0 Å². The van der Waals surface area contributed by atoms with Crippen molar-refractivity contribution in [3.05, 3.63) is 18.5 Å². The number of nitrogens with zero attached hydrogens (tertiary/aromatic N) is 2. The number of aromatic amines is 1. The summed E-state index contributed by atoms with van der Waals surface area (Å²) in [5, 5.41) is 0. The van der Waals surface area contributed by atoms with Gasteiger partial charge in [0.25, 0.3) is 28.2 Å². The number of anilines is 1. The van der Waals surface area contributed by atoms with Gasteiger partial charge in [-0.15, -0.1) is 0 Å². The van der Waals surface area contributed by atoms with Crippen molar-refractivity contribution in [3.63, 3.8) is 0 Å². The molecule has 0 saturated heterocycles. The van der Waals surface area contributed by atoms with Gasteiger partial charge in [-0.25, -0.2) is 21.9 Å². The minimum absolute atomic E-state index is 0.0398. The minimum atomic E-state index is -3.94. The molecule has 0 radical (unpaired) electrons. The summed E-state index contributed by atoms with van der Waals surface area (Å²) in [4.78, 5) is 10.1. The Bertz CT molecular complexity index is 758. The van der Waals surface area contributed by atoms with Crippen molar-refractivity contribution in [3.8, 4) is 17.5 Å². The molecule has 0 spiro atoms. The molecule has 0 aliphatic rings. The molecule has 0 aliphatic carbocycles. The van der Waals surface area contributed by atoms with E-state index in [0.717, 1.165) is 0 Å². The maximum absolute atomic E-state index is 12.3. The van der Waals surface area contributed by atoms with Crippen molar-refractivity contribution < 1.29 is 31.4 Å². The molecule has 132 valence electrons. The molecule has 0 aromatic carbocycles. The Morgan fingerprint density at radius 2 is 1.88 bits per heavy atom. The van der Waals surface area contributed by atoms with Crippen molar-refractivity contribution in [2.75, 3.05) is 25.5 Å². The van der Waals surface area contributed by atoms with Gasteiger partial charge in [0, 0.05) is 12.4 Å². The number of alkyl halides is 2. The summed E-state index contributed by atoms with van der Waals surface area (Å²) in [5.41, 5.74) is 0. The van der Waals surface area contributed by atoms with Crippen LogP contribution in [-0.4, -0.2) is 50.6 Å². The summed E-state index contributed by atoms with van der Waals surface area (Å²) in [6.07, 6.45) is -0.0411. The highest BCUT2D eigenvalue weighted by Crippen LogP contribution is 2.35. The number of nitrogens with one attached hydrogen (secondary N) is 2. The molecule has 0 saturated carbocycles. The second-order valence-electron chi connectivity index (χ2n) is 4.25. The number of aromatic nitrogens is 3. The Morgan fingerprint density at radius 1 is 1.25 bits per heavy atom. The van der Waals surface area contributed by atoms with Crippen LogP contribution in [0.3, 0.4) is 0 Å². The normalized spacial score (nSPS) is 11.4. The summed E-state index contributed by atoms with van der Waals surface area (Å²) in [7, 11) is -1.52. The molecule has 12 heteroatoms. The Morgan fingerprint density at radius 3 is 2.33 bits per heavy atom. The molecule has 2 N–H and O–H groups in total. The van der Waals surface area contributed by atoms with Gasteiger partial charge < -0.3 is 19.2 Å². The molecule has 0 amide bonds. The molecule has 2 heterocycles. The third kappa shape index (κ3) is 4.01. The highest BCUT2D eigenvalue weighted by Gasteiger charge is 2.22. The average molecular weight is 364 g/mol. The zero-order valence-electron chi connectivity index (χ0n) is 12.6. The number of hydrogen-bond donors (Lipinski definition) is 2. The molecule has 0 aliphatic heterocycles. The summed E-state index contributed by atoms with van der Waals surface area (Å²) in [5.74, 6) is -1.14. The first kappa shape index (κ1) is 17.7. The molecule has 0 bridgehead atoms. The van der Waals surface area contributed by atoms with Gasteiger partial charge in [0.2, 0.25) is 11.7 Å². The third-order valence-electron chi connectivity index (χ3n) is 2.65. The lowest BCUT2D eigenvalue weighted by Gasteiger charge is -2.14. The average Bonchev–Trinajstić information content (AvgIpc) is 3.07. The zero-order valence-corrected chi connectivity index (χ0v) is 13.4. The second-order valence-corrected chi connectivity index (χ2v) is 5.93. The number of hydrogen-bond acceptors (Lipinski definition) is 7. The quantitative estimate of drug-likeness (QED) is 0.724. The van der Waals surface area contributed by atoms with E-state index >= 15 is 0 Å². The van der Waals surface area contributed by atoms with Crippen LogP contribution in [0.4, 0.5) is 14.7 Å². The lowest BCUT2D eigenvalue weighted by Crippen LogP contribution is -2.16. The number of rotatable bonds is 8. The maximum Gasteiger partial charge on any atom is 0.272 e. The minimum Gasteiger partial charge on any atom is -0.478 e. The fourth-order valence-electron chi connectivity index (χ4n) is 1.66. The standard InChI is InChI=1S/C12H14F2N4O5S/c1-21-10-9(23-6-8(13)14)11(22-2)17-12(16-10)18-24(19,20)7-3-4-15-5-7/h3-5,8,15H,6H2,1-2H3,(H,16,17,18). The first-order valence-corrected chi connectivity index (χ1v) is 7.92. The SMILES string of the molecule is COc1nc(NS(=O)(=O)c2cc[nH]c2)nc(OC)c1OCC(F)F. The van der Waals surface area contributed by atoms with Crippen LogP contribution in [0, 0.1) is 0 Å². The third-order valence-corrected chi connectivity index (χ3v) is 3.97. The van der Waals surface area contributed by atoms with E-state index in [9.17, 15) is 17.2 Å². The fraction of sp³-hybridized carbons (Fsp3) is 0.333. The van der Waals surface area contributed by atoms with Crippen molar-refractivity contribution in [2.45, 2.75) is 11.3 Å². The zero-order chi connectivity index (χ0) is 17.7. The smallest absolute Gasteiger partial charge is 0.272 e. The van der Waals surface area contributed by atoms with E-state index in [1.54, 1.807) is 0 Å². The monoisotopic (exact) mass is 364 g/mol. The number of methoxy groups -OCH3 is 2. The number of halogens is 2. The maximum atomic E-state index is 12.3. The van der Waals surface area contributed by atoms with Crippen LogP contribution in [0.25, 0.3) is 0 Å². The molecule has 0 atom stereocenters. The topological polar surface area (TPSA) is 115 Å². The van der Waals surface area contributed by atoms with Crippen molar-refractivity contribution in [1.82, 2.24) is 15.0 Å². The lowest BCUT2D eigenvalue weighted by atomic mass is 10.5. The number of sulfonamides is 1. The molecule has 2 aromatic rings. The first-order chi connectivity index (χ1) is 11.4. The van der Waals surface area contributed by atoms with E-state index < -0.39 is 23.1 Å². The van der Waals surface area contributed by atoms with Gasteiger partial charge in [-0.05, 0) is 6.07 Å². The molecule has 0 fully saturated rings. The predicted molar refractivity (Wildman–Crippen MR) is 78.2 cm³/mol. The first-order valence-electron chi connectivity index (χ1n) is 6.44. The van der Waals surface area contributed by atoms with Crippen LogP contribution >= 0.6 is 0 Å². The van der Waals surface area contributed by atoms with Gasteiger partial charge in [-0.2, -0.15) is 9.97 Å². The van der Waals surface area contributed by atoms with Crippen molar-refractivity contribution >= 4 is 16.0 Å². The van der Waals surface area contributed by atoms with E-state index in [-0.39, 0.29) is 28.4 Å². The van der Waals surface area contributed by atoms with Gasteiger partial charge in [-0.3, -0.25) is 0 Å².